The normalized spacial score (nSPS) is 14.1. The van der Waals surface area contributed by atoms with Gasteiger partial charge in [-0.1, -0.05) is 6.92 Å². The Kier molecular flexibility index (Phi) is 4.50. The number of aryl methyl sites for hydroxylation is 1. The van der Waals surface area contributed by atoms with Gasteiger partial charge in [0.25, 0.3) is 0 Å². The van der Waals surface area contributed by atoms with Crippen LogP contribution in [0.2, 0.25) is 0 Å². The second-order valence-corrected chi connectivity index (χ2v) is 4.77. The summed E-state index contributed by atoms with van der Waals surface area (Å²) >= 11 is 0. The fourth-order valence-corrected chi connectivity index (χ4v) is 1.41. The van der Waals surface area contributed by atoms with Crippen molar-refractivity contribution in [2.24, 2.45) is 5.73 Å². The molecule has 0 amide bonds. The molecule has 0 radical (unpaired) electrons. The number of ether oxygens (including phenoxy) is 1. The van der Waals surface area contributed by atoms with Gasteiger partial charge in [0.2, 0.25) is 0 Å². The van der Waals surface area contributed by atoms with Crippen molar-refractivity contribution in [1.82, 2.24) is 9.78 Å². The van der Waals surface area contributed by atoms with Gasteiger partial charge >= 0.3 is 0 Å². The first kappa shape index (κ1) is 13.2. The molecule has 4 heteroatoms. The number of nitrogens with two attached hydrogens (primary N) is 1. The molecule has 0 spiro atoms. The summed E-state index contributed by atoms with van der Waals surface area (Å²) in [5, 5.41) is 4.30. The highest BCUT2D eigenvalue weighted by molar-refractivity contribution is 5.09. The predicted octanol–water partition coefficient (Wildman–Crippen LogP) is 2.11. The molecule has 1 rings (SSSR count). The van der Waals surface area contributed by atoms with Crippen molar-refractivity contribution in [3.63, 3.8) is 0 Å². The van der Waals surface area contributed by atoms with Gasteiger partial charge in [-0.05, 0) is 26.7 Å². The number of hydrogen-bond donors (Lipinski definition) is 1. The third kappa shape index (κ3) is 3.61. The molecule has 1 atom stereocenters. The van der Waals surface area contributed by atoms with Crippen LogP contribution in [0.25, 0.3) is 0 Å². The fourth-order valence-electron chi connectivity index (χ4n) is 1.41. The lowest BCUT2D eigenvalue weighted by Gasteiger charge is -2.22. The molecule has 1 unspecified atom stereocenters. The standard InChI is InChI=1S/C12H23N3O/c1-5-11(13)10-8-14-15(9-10)7-6-12(2,3)16-4/h8-9,11H,5-7,13H2,1-4H3. The zero-order valence-corrected chi connectivity index (χ0v) is 10.7. The topological polar surface area (TPSA) is 53.1 Å². The van der Waals surface area contributed by atoms with Crippen molar-refractivity contribution in [2.45, 2.75) is 51.8 Å². The first-order valence-corrected chi connectivity index (χ1v) is 5.81. The molecule has 0 aromatic carbocycles. The van der Waals surface area contributed by atoms with E-state index in [1.165, 1.54) is 0 Å². The second kappa shape index (κ2) is 5.46. The molecule has 1 aromatic rings. The van der Waals surface area contributed by atoms with Crippen LogP contribution in [0.3, 0.4) is 0 Å². The Hall–Kier alpha value is -0.870. The minimum Gasteiger partial charge on any atom is -0.379 e. The molecule has 2 N–H and O–H groups in total. The van der Waals surface area contributed by atoms with Crippen LogP contribution in [0.4, 0.5) is 0 Å². The van der Waals surface area contributed by atoms with Crippen molar-refractivity contribution < 1.29 is 4.74 Å². The van der Waals surface area contributed by atoms with Crippen molar-refractivity contribution >= 4 is 0 Å². The van der Waals surface area contributed by atoms with Gasteiger partial charge in [-0.15, -0.1) is 0 Å². The summed E-state index contributed by atoms with van der Waals surface area (Å²) in [5.41, 5.74) is 6.95. The highest BCUT2D eigenvalue weighted by atomic mass is 16.5. The van der Waals surface area contributed by atoms with Crippen molar-refractivity contribution in [3.05, 3.63) is 18.0 Å². The average molecular weight is 225 g/mol. The highest BCUT2D eigenvalue weighted by Crippen LogP contribution is 2.16. The SMILES string of the molecule is CCC(N)c1cnn(CCC(C)(C)OC)c1. The summed E-state index contributed by atoms with van der Waals surface area (Å²) in [4.78, 5) is 0. The third-order valence-corrected chi connectivity index (χ3v) is 3.02. The molecule has 16 heavy (non-hydrogen) atoms. The quantitative estimate of drug-likeness (QED) is 0.806. The van der Waals surface area contributed by atoms with E-state index in [-0.39, 0.29) is 11.6 Å². The summed E-state index contributed by atoms with van der Waals surface area (Å²) in [6, 6.07) is 0.101. The maximum absolute atomic E-state index is 5.94. The van der Waals surface area contributed by atoms with E-state index < -0.39 is 0 Å². The molecule has 0 bridgehead atoms. The van der Waals surface area contributed by atoms with Gasteiger partial charge in [0, 0.05) is 31.5 Å². The van der Waals surface area contributed by atoms with E-state index >= 15 is 0 Å². The molecule has 92 valence electrons. The van der Waals surface area contributed by atoms with E-state index in [2.05, 4.69) is 25.9 Å². The fraction of sp³-hybridized carbons (Fsp3) is 0.750. The smallest absolute Gasteiger partial charge is 0.0640 e. The average Bonchev–Trinajstić information content (AvgIpc) is 2.74. The Morgan fingerprint density at radius 1 is 1.56 bits per heavy atom. The minimum absolute atomic E-state index is 0.0982. The lowest BCUT2D eigenvalue weighted by atomic mass is 10.1. The molecule has 0 saturated heterocycles. The predicted molar refractivity (Wildman–Crippen MR) is 65.2 cm³/mol. The molecule has 0 aliphatic heterocycles. The Morgan fingerprint density at radius 3 is 2.81 bits per heavy atom. The lowest BCUT2D eigenvalue weighted by molar-refractivity contribution is 0.0113. The van der Waals surface area contributed by atoms with E-state index in [0.717, 1.165) is 24.9 Å². The van der Waals surface area contributed by atoms with E-state index in [1.807, 2.05) is 17.1 Å². The number of nitrogens with zero attached hydrogens (tertiary/aromatic N) is 2. The maximum atomic E-state index is 5.94. The molecule has 0 fully saturated rings. The van der Waals surface area contributed by atoms with Crippen LogP contribution in [0.5, 0.6) is 0 Å². The van der Waals surface area contributed by atoms with Gasteiger partial charge < -0.3 is 10.5 Å². The van der Waals surface area contributed by atoms with E-state index in [0.29, 0.717) is 0 Å². The number of rotatable bonds is 6. The van der Waals surface area contributed by atoms with E-state index in [9.17, 15) is 0 Å². The van der Waals surface area contributed by atoms with Gasteiger partial charge in [-0.3, -0.25) is 4.68 Å². The minimum atomic E-state index is -0.0982. The molecule has 0 aliphatic carbocycles. The molecule has 4 nitrogen and oxygen atoms in total. The van der Waals surface area contributed by atoms with Gasteiger partial charge in [0.1, 0.15) is 0 Å². The Morgan fingerprint density at radius 2 is 2.25 bits per heavy atom. The number of hydrogen-bond acceptors (Lipinski definition) is 3. The summed E-state index contributed by atoms with van der Waals surface area (Å²) in [5.74, 6) is 0. The molecule has 1 heterocycles. The van der Waals surface area contributed by atoms with Gasteiger partial charge in [0.05, 0.1) is 11.8 Å². The zero-order valence-electron chi connectivity index (χ0n) is 10.7. The summed E-state index contributed by atoms with van der Waals surface area (Å²) in [6.45, 7) is 7.09. The zero-order chi connectivity index (χ0) is 12.2. The summed E-state index contributed by atoms with van der Waals surface area (Å²) in [7, 11) is 1.74. The van der Waals surface area contributed by atoms with Crippen LogP contribution >= 0.6 is 0 Å². The van der Waals surface area contributed by atoms with Crippen LogP contribution in [0, 0.1) is 0 Å². The van der Waals surface area contributed by atoms with Crippen LogP contribution < -0.4 is 5.73 Å². The Bertz CT molecular complexity index is 320. The molecule has 0 aliphatic rings. The summed E-state index contributed by atoms with van der Waals surface area (Å²) in [6.07, 6.45) is 5.76. The number of methoxy groups -OCH3 is 1. The van der Waals surface area contributed by atoms with Crippen molar-refractivity contribution in [1.29, 1.82) is 0 Å². The Balaban J connectivity index is 2.53. The number of aromatic nitrogens is 2. The molecule has 1 aromatic heterocycles. The van der Waals surface area contributed by atoms with Gasteiger partial charge in [0.15, 0.2) is 0 Å². The van der Waals surface area contributed by atoms with Crippen LogP contribution in [-0.2, 0) is 11.3 Å². The van der Waals surface area contributed by atoms with Crippen LogP contribution in [0.1, 0.15) is 45.2 Å². The summed E-state index contributed by atoms with van der Waals surface area (Å²) < 4.78 is 7.31. The third-order valence-electron chi connectivity index (χ3n) is 3.02. The molecular weight excluding hydrogens is 202 g/mol. The largest absolute Gasteiger partial charge is 0.379 e. The maximum Gasteiger partial charge on any atom is 0.0640 e. The molecule has 0 saturated carbocycles. The highest BCUT2D eigenvalue weighted by Gasteiger charge is 2.16. The monoisotopic (exact) mass is 225 g/mol. The van der Waals surface area contributed by atoms with E-state index in [4.69, 9.17) is 10.5 Å². The van der Waals surface area contributed by atoms with E-state index in [1.54, 1.807) is 7.11 Å². The second-order valence-electron chi connectivity index (χ2n) is 4.77. The Labute approximate surface area is 97.8 Å². The van der Waals surface area contributed by atoms with Gasteiger partial charge in [-0.25, -0.2) is 0 Å². The lowest BCUT2D eigenvalue weighted by Crippen LogP contribution is -2.24. The van der Waals surface area contributed by atoms with Gasteiger partial charge in [-0.2, -0.15) is 5.10 Å². The van der Waals surface area contributed by atoms with Crippen LogP contribution in [-0.4, -0.2) is 22.5 Å². The first-order valence-electron chi connectivity index (χ1n) is 5.81. The van der Waals surface area contributed by atoms with Crippen molar-refractivity contribution in [2.75, 3.05) is 7.11 Å². The van der Waals surface area contributed by atoms with Crippen molar-refractivity contribution in [3.8, 4) is 0 Å². The van der Waals surface area contributed by atoms with Crippen LogP contribution in [0.15, 0.2) is 12.4 Å². The molecular formula is C12H23N3O. The first-order chi connectivity index (χ1) is 7.48.